The fourth-order valence-electron chi connectivity index (χ4n) is 2.35. The van der Waals surface area contributed by atoms with Crippen molar-refractivity contribution in [2.24, 2.45) is 0 Å². The zero-order valence-corrected chi connectivity index (χ0v) is 14.7. The molecule has 0 aliphatic carbocycles. The van der Waals surface area contributed by atoms with Gasteiger partial charge < -0.3 is 9.47 Å². The van der Waals surface area contributed by atoms with Gasteiger partial charge in [0, 0.05) is 35.0 Å². The van der Waals surface area contributed by atoms with Gasteiger partial charge in [0.2, 0.25) is 0 Å². The highest BCUT2D eigenvalue weighted by atomic mass is 35.5. The van der Waals surface area contributed by atoms with Gasteiger partial charge in [-0.3, -0.25) is 9.59 Å². The number of halogens is 2. The molecule has 0 aromatic heterocycles. The molecule has 6 heteroatoms. The van der Waals surface area contributed by atoms with Gasteiger partial charge in [0.15, 0.2) is 12.2 Å². The summed E-state index contributed by atoms with van der Waals surface area (Å²) in [5, 5.41) is 0.793. The van der Waals surface area contributed by atoms with Crippen molar-refractivity contribution >= 4 is 35.1 Å². The van der Waals surface area contributed by atoms with E-state index in [-0.39, 0.29) is 0 Å². The molecule has 0 amide bonds. The first-order chi connectivity index (χ1) is 11.4. The van der Waals surface area contributed by atoms with E-state index in [0.29, 0.717) is 21.2 Å². The maximum Gasteiger partial charge on any atom is 0.303 e. The number of hydrogen-bond donors (Lipinski definition) is 0. The van der Waals surface area contributed by atoms with Gasteiger partial charge in [0.25, 0.3) is 0 Å². The number of carbonyl (C=O) groups excluding carboxylic acids is 2. The second-order valence-corrected chi connectivity index (χ2v) is 5.92. The van der Waals surface area contributed by atoms with E-state index in [1.165, 1.54) is 13.8 Å². The first-order valence-corrected chi connectivity index (χ1v) is 7.99. The van der Waals surface area contributed by atoms with E-state index in [1.807, 2.05) is 0 Å². The predicted octanol–water partition coefficient (Wildman–Crippen LogP) is 4.90. The summed E-state index contributed by atoms with van der Waals surface area (Å²) in [7, 11) is 0. The minimum Gasteiger partial charge on any atom is -0.453 e. The molecule has 0 heterocycles. The van der Waals surface area contributed by atoms with Crippen molar-refractivity contribution in [1.29, 1.82) is 0 Å². The van der Waals surface area contributed by atoms with Crippen LogP contribution in [0.4, 0.5) is 0 Å². The Bertz CT molecular complexity index is 682. The third-order valence-corrected chi connectivity index (χ3v) is 3.97. The number of benzene rings is 2. The van der Waals surface area contributed by atoms with Crippen molar-refractivity contribution in [2.45, 2.75) is 26.1 Å². The molecule has 0 bridgehead atoms. The van der Waals surface area contributed by atoms with E-state index < -0.39 is 24.1 Å². The zero-order chi connectivity index (χ0) is 17.7. The minimum atomic E-state index is -0.917. The lowest BCUT2D eigenvalue weighted by molar-refractivity contribution is -0.166. The summed E-state index contributed by atoms with van der Waals surface area (Å²) in [6.07, 6.45) is -1.83. The molecule has 0 saturated heterocycles. The molecule has 2 aromatic rings. The van der Waals surface area contributed by atoms with E-state index in [0.717, 1.165) is 0 Å². The summed E-state index contributed by atoms with van der Waals surface area (Å²) in [4.78, 5) is 23.2. The van der Waals surface area contributed by atoms with Crippen LogP contribution in [0.1, 0.15) is 37.2 Å². The molecule has 0 aliphatic rings. The lowest BCUT2D eigenvalue weighted by atomic mass is 9.97. The first-order valence-electron chi connectivity index (χ1n) is 7.23. The fraction of sp³-hybridized carbons (Fsp3) is 0.222. The normalized spacial score (nSPS) is 13.0. The summed E-state index contributed by atoms with van der Waals surface area (Å²) >= 11 is 12.5. The van der Waals surface area contributed by atoms with Crippen LogP contribution < -0.4 is 0 Å². The standard InChI is InChI=1S/C18H16Cl2O4/c1-11(21)23-17(13-7-3-5-9-15(13)19)18(24-12(2)22)14-8-4-6-10-16(14)20/h3-10,17-18H,1-2H3. The largest absolute Gasteiger partial charge is 0.453 e. The average Bonchev–Trinajstić information content (AvgIpc) is 2.52. The Hall–Kier alpha value is -2.04. The average molecular weight is 367 g/mol. The molecular weight excluding hydrogens is 351 g/mol. The van der Waals surface area contributed by atoms with E-state index in [4.69, 9.17) is 32.7 Å². The van der Waals surface area contributed by atoms with Crippen molar-refractivity contribution in [3.8, 4) is 0 Å². The molecule has 2 rings (SSSR count). The second-order valence-electron chi connectivity index (χ2n) is 5.10. The topological polar surface area (TPSA) is 52.6 Å². The van der Waals surface area contributed by atoms with Crippen LogP contribution in [0.15, 0.2) is 48.5 Å². The summed E-state index contributed by atoms with van der Waals surface area (Å²) in [6, 6.07) is 13.8. The van der Waals surface area contributed by atoms with Crippen LogP contribution in [0, 0.1) is 0 Å². The van der Waals surface area contributed by atoms with Crippen LogP contribution in [0.5, 0.6) is 0 Å². The Morgan fingerprint density at radius 2 is 1.08 bits per heavy atom. The molecule has 0 N–H and O–H groups in total. The molecule has 2 unspecified atom stereocenters. The van der Waals surface area contributed by atoms with Gasteiger partial charge in [0.1, 0.15) is 0 Å². The third-order valence-electron chi connectivity index (χ3n) is 3.28. The molecular formula is C18H16Cl2O4. The Morgan fingerprint density at radius 3 is 1.38 bits per heavy atom. The third kappa shape index (κ3) is 4.49. The SMILES string of the molecule is CC(=O)OC(c1ccccc1Cl)C(OC(C)=O)c1ccccc1Cl. The zero-order valence-electron chi connectivity index (χ0n) is 13.2. The van der Waals surface area contributed by atoms with Crippen LogP contribution in [0.3, 0.4) is 0 Å². The highest BCUT2D eigenvalue weighted by molar-refractivity contribution is 6.31. The van der Waals surface area contributed by atoms with Crippen LogP contribution >= 0.6 is 23.2 Å². The van der Waals surface area contributed by atoms with Crippen LogP contribution in [0.25, 0.3) is 0 Å². The van der Waals surface area contributed by atoms with Crippen LogP contribution in [-0.2, 0) is 19.1 Å². The van der Waals surface area contributed by atoms with Crippen LogP contribution in [0.2, 0.25) is 10.0 Å². The number of carbonyl (C=O) groups is 2. The Morgan fingerprint density at radius 1 is 0.750 bits per heavy atom. The lowest BCUT2D eigenvalue weighted by Crippen LogP contribution is -2.22. The Balaban J connectivity index is 2.57. The highest BCUT2D eigenvalue weighted by Gasteiger charge is 2.33. The molecule has 0 radical (unpaired) electrons. The van der Waals surface area contributed by atoms with Gasteiger partial charge >= 0.3 is 11.9 Å². The maximum atomic E-state index is 11.6. The maximum absolute atomic E-state index is 11.6. The predicted molar refractivity (Wildman–Crippen MR) is 91.9 cm³/mol. The number of esters is 2. The summed E-state index contributed by atoms with van der Waals surface area (Å²) < 4.78 is 10.9. The monoisotopic (exact) mass is 366 g/mol. The highest BCUT2D eigenvalue weighted by Crippen LogP contribution is 2.40. The van der Waals surface area contributed by atoms with Gasteiger partial charge in [-0.15, -0.1) is 0 Å². The van der Waals surface area contributed by atoms with E-state index >= 15 is 0 Å². The van der Waals surface area contributed by atoms with Crippen molar-refractivity contribution < 1.29 is 19.1 Å². The summed E-state index contributed by atoms with van der Waals surface area (Å²) in [5.41, 5.74) is 1.06. The fourth-order valence-corrected chi connectivity index (χ4v) is 2.83. The van der Waals surface area contributed by atoms with E-state index in [9.17, 15) is 9.59 Å². The second kappa shape index (κ2) is 8.18. The molecule has 24 heavy (non-hydrogen) atoms. The molecule has 0 saturated carbocycles. The van der Waals surface area contributed by atoms with Gasteiger partial charge in [-0.05, 0) is 12.1 Å². The smallest absolute Gasteiger partial charge is 0.303 e. The molecule has 126 valence electrons. The molecule has 4 nitrogen and oxygen atoms in total. The van der Waals surface area contributed by atoms with Gasteiger partial charge in [-0.25, -0.2) is 0 Å². The van der Waals surface area contributed by atoms with E-state index in [1.54, 1.807) is 48.5 Å². The number of ether oxygens (including phenoxy) is 2. The summed E-state index contributed by atoms with van der Waals surface area (Å²) in [6.45, 7) is 2.56. The molecule has 0 aliphatic heterocycles. The Kier molecular flexibility index (Phi) is 6.23. The van der Waals surface area contributed by atoms with Crippen molar-refractivity contribution in [1.82, 2.24) is 0 Å². The molecule has 0 spiro atoms. The first kappa shape index (κ1) is 18.3. The van der Waals surface area contributed by atoms with Gasteiger partial charge in [-0.2, -0.15) is 0 Å². The van der Waals surface area contributed by atoms with Gasteiger partial charge in [-0.1, -0.05) is 59.6 Å². The van der Waals surface area contributed by atoms with Crippen molar-refractivity contribution in [2.75, 3.05) is 0 Å². The number of hydrogen-bond acceptors (Lipinski definition) is 4. The van der Waals surface area contributed by atoms with E-state index in [2.05, 4.69) is 0 Å². The molecule has 0 fully saturated rings. The summed E-state index contributed by atoms with van der Waals surface area (Å²) in [5.74, 6) is -1.05. The quantitative estimate of drug-likeness (QED) is 0.706. The molecule has 2 atom stereocenters. The molecule has 2 aromatic carbocycles. The minimum absolute atomic E-state index is 0.396. The Labute approximate surface area is 150 Å². The number of rotatable bonds is 5. The van der Waals surface area contributed by atoms with Crippen molar-refractivity contribution in [3.05, 3.63) is 69.7 Å². The lowest BCUT2D eigenvalue weighted by Gasteiger charge is -2.28. The van der Waals surface area contributed by atoms with Gasteiger partial charge in [0.05, 0.1) is 0 Å². The van der Waals surface area contributed by atoms with Crippen LogP contribution in [-0.4, -0.2) is 11.9 Å². The van der Waals surface area contributed by atoms with Crippen molar-refractivity contribution in [3.63, 3.8) is 0 Å².